The summed E-state index contributed by atoms with van der Waals surface area (Å²) >= 11 is 3.60. The molecular formula is C18H27BrN2. The van der Waals surface area contributed by atoms with Crippen molar-refractivity contribution in [2.45, 2.75) is 59.0 Å². The summed E-state index contributed by atoms with van der Waals surface area (Å²) in [5.74, 6) is 0. The van der Waals surface area contributed by atoms with Crippen molar-refractivity contribution >= 4 is 26.8 Å². The number of hydrogen-bond acceptors (Lipinski definition) is 1. The lowest BCUT2D eigenvalue weighted by Gasteiger charge is -2.03. The quantitative estimate of drug-likeness (QED) is 0.592. The average Bonchev–Trinajstić information content (AvgIpc) is 2.81. The van der Waals surface area contributed by atoms with Crippen LogP contribution in [0.5, 0.6) is 0 Å². The van der Waals surface area contributed by atoms with Gasteiger partial charge in [0.25, 0.3) is 0 Å². The Labute approximate surface area is 137 Å². The zero-order chi connectivity index (χ0) is 15.1. The first-order chi connectivity index (χ1) is 10.3. The minimum absolute atomic E-state index is 0.968. The van der Waals surface area contributed by atoms with Crippen molar-refractivity contribution in [1.29, 1.82) is 0 Å². The van der Waals surface area contributed by atoms with Gasteiger partial charge in [-0.1, -0.05) is 49.0 Å². The maximum atomic E-state index is 3.60. The van der Waals surface area contributed by atoms with Gasteiger partial charge in [0, 0.05) is 34.7 Å². The van der Waals surface area contributed by atoms with Gasteiger partial charge >= 0.3 is 0 Å². The molecule has 0 radical (unpaired) electrons. The summed E-state index contributed by atoms with van der Waals surface area (Å²) < 4.78 is 3.55. The van der Waals surface area contributed by atoms with Crippen LogP contribution in [0.4, 0.5) is 0 Å². The molecule has 1 heterocycles. The minimum atomic E-state index is 0.968. The van der Waals surface area contributed by atoms with Gasteiger partial charge in [-0.25, -0.2) is 0 Å². The van der Waals surface area contributed by atoms with E-state index >= 15 is 0 Å². The van der Waals surface area contributed by atoms with E-state index in [1.54, 1.807) is 0 Å². The highest BCUT2D eigenvalue weighted by molar-refractivity contribution is 9.10. The first-order valence-electron chi connectivity index (χ1n) is 8.24. The number of unbranched alkanes of at least 4 members (excludes halogenated alkanes) is 3. The van der Waals surface area contributed by atoms with Gasteiger partial charge in [-0.3, -0.25) is 0 Å². The Bertz CT molecular complexity index is 560. The lowest BCUT2D eigenvalue weighted by atomic mass is 10.1. The number of fused-ring (bicyclic) bond motifs is 1. The molecule has 0 saturated heterocycles. The standard InChI is InChI=1S/C18H27BrN2/c1-3-5-6-7-10-20-13-15-14-21(11-4-2)18-9-8-16(19)12-17(15)18/h8-9,12,14,20H,3-7,10-11,13H2,1-2H3. The molecule has 0 unspecified atom stereocenters. The number of aromatic nitrogens is 1. The van der Waals surface area contributed by atoms with Crippen LogP contribution in [0.3, 0.4) is 0 Å². The Morgan fingerprint density at radius 1 is 1.10 bits per heavy atom. The fourth-order valence-electron chi connectivity index (χ4n) is 2.81. The minimum Gasteiger partial charge on any atom is -0.347 e. The highest BCUT2D eigenvalue weighted by Gasteiger charge is 2.08. The monoisotopic (exact) mass is 350 g/mol. The molecule has 0 aliphatic carbocycles. The molecule has 0 saturated carbocycles. The van der Waals surface area contributed by atoms with Gasteiger partial charge in [-0.2, -0.15) is 0 Å². The molecule has 0 atom stereocenters. The van der Waals surface area contributed by atoms with Crippen LogP contribution in [0.25, 0.3) is 10.9 Å². The molecule has 21 heavy (non-hydrogen) atoms. The molecule has 1 N–H and O–H groups in total. The van der Waals surface area contributed by atoms with Gasteiger partial charge < -0.3 is 9.88 Å². The Morgan fingerprint density at radius 3 is 2.71 bits per heavy atom. The SMILES string of the molecule is CCCCCCNCc1cn(CCC)c2ccc(Br)cc12. The van der Waals surface area contributed by atoms with Crippen LogP contribution < -0.4 is 5.32 Å². The average molecular weight is 351 g/mol. The number of halogens is 1. The third-order valence-electron chi connectivity index (χ3n) is 3.91. The summed E-state index contributed by atoms with van der Waals surface area (Å²) in [7, 11) is 0. The summed E-state index contributed by atoms with van der Waals surface area (Å²) in [6.07, 6.45) is 8.77. The van der Waals surface area contributed by atoms with Gasteiger partial charge in [0.05, 0.1) is 0 Å². The van der Waals surface area contributed by atoms with E-state index in [0.29, 0.717) is 0 Å². The number of rotatable bonds is 9. The highest BCUT2D eigenvalue weighted by Crippen LogP contribution is 2.25. The number of benzene rings is 1. The Morgan fingerprint density at radius 2 is 1.95 bits per heavy atom. The van der Waals surface area contributed by atoms with E-state index in [2.05, 4.69) is 64.1 Å². The Balaban J connectivity index is 2.03. The van der Waals surface area contributed by atoms with Crippen LogP contribution in [-0.2, 0) is 13.1 Å². The van der Waals surface area contributed by atoms with Gasteiger partial charge in [0.1, 0.15) is 0 Å². The Hall–Kier alpha value is -0.800. The van der Waals surface area contributed by atoms with Crippen molar-refractivity contribution in [2.24, 2.45) is 0 Å². The van der Waals surface area contributed by atoms with E-state index < -0.39 is 0 Å². The molecule has 2 nitrogen and oxygen atoms in total. The number of aryl methyl sites for hydroxylation is 1. The molecule has 3 heteroatoms. The van der Waals surface area contributed by atoms with E-state index in [1.807, 2.05) is 0 Å². The van der Waals surface area contributed by atoms with Crippen LogP contribution in [0, 0.1) is 0 Å². The Kier molecular flexibility index (Phi) is 6.78. The molecule has 2 rings (SSSR count). The molecule has 2 aromatic rings. The topological polar surface area (TPSA) is 17.0 Å². The third kappa shape index (κ3) is 4.58. The van der Waals surface area contributed by atoms with Gasteiger partial charge in [-0.15, -0.1) is 0 Å². The lowest BCUT2D eigenvalue weighted by molar-refractivity contribution is 0.597. The van der Waals surface area contributed by atoms with E-state index in [-0.39, 0.29) is 0 Å². The zero-order valence-electron chi connectivity index (χ0n) is 13.3. The van der Waals surface area contributed by atoms with E-state index in [0.717, 1.165) is 24.1 Å². The van der Waals surface area contributed by atoms with Crippen molar-refractivity contribution in [3.63, 3.8) is 0 Å². The van der Waals surface area contributed by atoms with Crippen LogP contribution in [0.15, 0.2) is 28.9 Å². The van der Waals surface area contributed by atoms with Crippen molar-refractivity contribution in [3.8, 4) is 0 Å². The summed E-state index contributed by atoms with van der Waals surface area (Å²) in [6, 6.07) is 6.60. The number of nitrogens with one attached hydrogen (secondary N) is 1. The molecule has 0 spiro atoms. The second kappa shape index (κ2) is 8.60. The van der Waals surface area contributed by atoms with Crippen molar-refractivity contribution in [2.75, 3.05) is 6.54 Å². The fourth-order valence-corrected chi connectivity index (χ4v) is 3.17. The highest BCUT2D eigenvalue weighted by atomic mass is 79.9. The van der Waals surface area contributed by atoms with Crippen LogP contribution in [0.1, 0.15) is 51.5 Å². The number of nitrogens with zero attached hydrogens (tertiary/aromatic N) is 1. The van der Waals surface area contributed by atoms with Crippen molar-refractivity contribution in [3.05, 3.63) is 34.4 Å². The second-order valence-electron chi connectivity index (χ2n) is 5.75. The lowest BCUT2D eigenvalue weighted by Crippen LogP contribution is -2.14. The second-order valence-corrected chi connectivity index (χ2v) is 6.66. The van der Waals surface area contributed by atoms with E-state index in [1.165, 1.54) is 48.6 Å². The molecular weight excluding hydrogens is 324 g/mol. The van der Waals surface area contributed by atoms with Gasteiger partial charge in [-0.05, 0) is 43.1 Å². The van der Waals surface area contributed by atoms with Gasteiger partial charge in [0.15, 0.2) is 0 Å². The maximum Gasteiger partial charge on any atom is 0.0484 e. The first kappa shape index (κ1) is 16.6. The molecule has 0 aliphatic rings. The smallest absolute Gasteiger partial charge is 0.0484 e. The predicted molar refractivity (Wildman–Crippen MR) is 95.8 cm³/mol. The maximum absolute atomic E-state index is 3.60. The summed E-state index contributed by atoms with van der Waals surface area (Å²) in [5, 5.41) is 4.97. The molecule has 0 aliphatic heterocycles. The molecule has 0 amide bonds. The predicted octanol–water partition coefficient (Wildman–Crippen LogP) is 5.48. The molecule has 116 valence electrons. The zero-order valence-corrected chi connectivity index (χ0v) is 14.9. The van der Waals surface area contributed by atoms with Crippen LogP contribution in [-0.4, -0.2) is 11.1 Å². The molecule has 0 bridgehead atoms. The fraction of sp³-hybridized carbons (Fsp3) is 0.556. The first-order valence-corrected chi connectivity index (χ1v) is 9.03. The molecule has 1 aromatic heterocycles. The largest absolute Gasteiger partial charge is 0.347 e. The van der Waals surface area contributed by atoms with E-state index in [4.69, 9.17) is 0 Å². The van der Waals surface area contributed by atoms with Crippen molar-refractivity contribution < 1.29 is 0 Å². The third-order valence-corrected chi connectivity index (χ3v) is 4.41. The summed E-state index contributed by atoms with van der Waals surface area (Å²) in [6.45, 7) is 7.67. The molecule has 1 aromatic carbocycles. The van der Waals surface area contributed by atoms with Crippen LogP contribution >= 0.6 is 15.9 Å². The van der Waals surface area contributed by atoms with E-state index in [9.17, 15) is 0 Å². The normalized spacial score (nSPS) is 11.4. The molecule has 0 fully saturated rings. The van der Waals surface area contributed by atoms with Crippen LogP contribution in [0.2, 0.25) is 0 Å². The van der Waals surface area contributed by atoms with Gasteiger partial charge in [0.2, 0.25) is 0 Å². The summed E-state index contributed by atoms with van der Waals surface area (Å²) in [5.41, 5.74) is 2.76. The van der Waals surface area contributed by atoms with Crippen molar-refractivity contribution in [1.82, 2.24) is 9.88 Å². The number of hydrogen-bond donors (Lipinski definition) is 1. The summed E-state index contributed by atoms with van der Waals surface area (Å²) in [4.78, 5) is 0.